The lowest BCUT2D eigenvalue weighted by atomic mass is 10.1. The number of aliphatic imine (C=N–C) groups is 1. The van der Waals surface area contributed by atoms with Crippen LogP contribution in [0.4, 0.5) is 0 Å². The first-order chi connectivity index (χ1) is 10.8. The number of nitrogens with zero attached hydrogens (tertiary/aromatic N) is 1. The predicted molar refractivity (Wildman–Crippen MR) is 93.2 cm³/mol. The van der Waals surface area contributed by atoms with E-state index in [0.717, 1.165) is 48.5 Å². The maximum Gasteiger partial charge on any atom is 0.231 e. The molecule has 1 aromatic carbocycles. The molecule has 2 N–H and O–H groups in total. The molecule has 0 saturated carbocycles. The molecular formula is C16H23N3O2S. The van der Waals surface area contributed by atoms with E-state index < -0.39 is 0 Å². The fraction of sp³-hybridized carbons (Fsp3) is 0.438. The summed E-state index contributed by atoms with van der Waals surface area (Å²) >= 11 is 1.85. The molecular weight excluding hydrogens is 298 g/mol. The monoisotopic (exact) mass is 321 g/mol. The number of benzene rings is 1. The summed E-state index contributed by atoms with van der Waals surface area (Å²) in [5.41, 5.74) is 1.22. The maximum absolute atomic E-state index is 5.38. The van der Waals surface area contributed by atoms with Crippen LogP contribution >= 0.6 is 11.8 Å². The van der Waals surface area contributed by atoms with E-state index in [0.29, 0.717) is 6.79 Å². The van der Waals surface area contributed by atoms with Crippen molar-refractivity contribution in [3.05, 3.63) is 36.4 Å². The largest absolute Gasteiger partial charge is 0.454 e. The van der Waals surface area contributed by atoms with Gasteiger partial charge in [-0.3, -0.25) is 4.99 Å². The van der Waals surface area contributed by atoms with Crippen molar-refractivity contribution in [3.8, 4) is 11.5 Å². The molecule has 6 heteroatoms. The zero-order valence-corrected chi connectivity index (χ0v) is 13.7. The van der Waals surface area contributed by atoms with Crippen molar-refractivity contribution in [1.82, 2.24) is 10.6 Å². The molecule has 5 nitrogen and oxygen atoms in total. The average molecular weight is 321 g/mol. The summed E-state index contributed by atoms with van der Waals surface area (Å²) in [4.78, 5) is 4.22. The lowest BCUT2D eigenvalue weighted by Gasteiger charge is -2.11. The molecule has 0 aromatic heterocycles. The van der Waals surface area contributed by atoms with E-state index in [4.69, 9.17) is 9.47 Å². The first-order valence-electron chi connectivity index (χ1n) is 7.35. The van der Waals surface area contributed by atoms with Crippen LogP contribution in [-0.2, 0) is 6.42 Å². The van der Waals surface area contributed by atoms with Gasteiger partial charge in [0.25, 0.3) is 0 Å². The first-order valence-corrected chi connectivity index (χ1v) is 8.50. The Morgan fingerprint density at radius 1 is 1.32 bits per heavy atom. The fourth-order valence-electron chi connectivity index (χ4n) is 2.05. The number of guanidine groups is 1. The lowest BCUT2D eigenvalue weighted by Crippen LogP contribution is -2.39. The van der Waals surface area contributed by atoms with E-state index in [-0.39, 0.29) is 0 Å². The minimum absolute atomic E-state index is 0.317. The molecule has 22 heavy (non-hydrogen) atoms. The van der Waals surface area contributed by atoms with E-state index in [9.17, 15) is 0 Å². The minimum atomic E-state index is 0.317. The molecule has 0 fully saturated rings. The molecule has 2 rings (SSSR count). The number of hydrogen-bond acceptors (Lipinski definition) is 4. The Morgan fingerprint density at radius 3 is 2.95 bits per heavy atom. The second kappa shape index (κ2) is 9.25. The third-order valence-corrected chi connectivity index (χ3v) is 4.11. The van der Waals surface area contributed by atoms with Gasteiger partial charge in [0.15, 0.2) is 17.5 Å². The van der Waals surface area contributed by atoms with Crippen molar-refractivity contribution in [2.24, 2.45) is 4.99 Å². The van der Waals surface area contributed by atoms with Gasteiger partial charge < -0.3 is 20.1 Å². The van der Waals surface area contributed by atoms with Crippen LogP contribution in [0.3, 0.4) is 0 Å². The van der Waals surface area contributed by atoms with Crippen molar-refractivity contribution in [3.63, 3.8) is 0 Å². The van der Waals surface area contributed by atoms with Gasteiger partial charge in [-0.25, -0.2) is 0 Å². The van der Waals surface area contributed by atoms with Crippen molar-refractivity contribution in [1.29, 1.82) is 0 Å². The summed E-state index contributed by atoms with van der Waals surface area (Å²) in [6.45, 7) is 5.73. The normalized spacial score (nSPS) is 13.0. The second-order valence-electron chi connectivity index (χ2n) is 4.73. The summed E-state index contributed by atoms with van der Waals surface area (Å²) in [6.07, 6.45) is 2.83. The number of thioether (sulfide) groups is 1. The van der Waals surface area contributed by atoms with Gasteiger partial charge in [-0.2, -0.15) is 11.8 Å². The van der Waals surface area contributed by atoms with Crippen LogP contribution in [0, 0.1) is 0 Å². The fourth-order valence-corrected chi connectivity index (χ4v) is 2.63. The Kier molecular flexibility index (Phi) is 6.96. The molecule has 120 valence electrons. The minimum Gasteiger partial charge on any atom is -0.454 e. The lowest BCUT2D eigenvalue weighted by molar-refractivity contribution is 0.174. The van der Waals surface area contributed by atoms with Gasteiger partial charge in [0, 0.05) is 31.6 Å². The summed E-state index contributed by atoms with van der Waals surface area (Å²) in [5.74, 6) is 4.51. The standard InChI is InChI=1S/C16H23N3O2S/c1-3-9-22-10-8-19-16(17-2)18-7-6-13-4-5-14-15(11-13)21-12-20-14/h3-5,11H,1,6-10,12H2,2H3,(H2,17,18,19). The van der Waals surface area contributed by atoms with Crippen molar-refractivity contribution >= 4 is 17.7 Å². The average Bonchev–Trinajstić information content (AvgIpc) is 3.00. The van der Waals surface area contributed by atoms with Gasteiger partial charge in [0.05, 0.1) is 0 Å². The van der Waals surface area contributed by atoms with Gasteiger partial charge in [0.2, 0.25) is 6.79 Å². The van der Waals surface area contributed by atoms with Crippen LogP contribution in [0.2, 0.25) is 0 Å². The summed E-state index contributed by atoms with van der Waals surface area (Å²) in [6, 6.07) is 6.06. The predicted octanol–water partition coefficient (Wildman–Crippen LogP) is 2.04. The molecule has 0 saturated heterocycles. The quantitative estimate of drug-likeness (QED) is 0.332. The van der Waals surface area contributed by atoms with E-state index in [1.165, 1.54) is 5.56 Å². The highest BCUT2D eigenvalue weighted by Gasteiger charge is 2.12. The van der Waals surface area contributed by atoms with Gasteiger partial charge in [-0.05, 0) is 24.1 Å². The molecule has 0 amide bonds. The van der Waals surface area contributed by atoms with E-state index in [2.05, 4.69) is 28.3 Å². The third-order valence-electron chi connectivity index (χ3n) is 3.14. The Bertz CT molecular complexity index is 520. The third kappa shape index (κ3) is 5.18. The van der Waals surface area contributed by atoms with Crippen LogP contribution in [-0.4, -0.2) is 44.4 Å². The van der Waals surface area contributed by atoms with Gasteiger partial charge in [-0.15, -0.1) is 6.58 Å². The Labute approximate surface area is 136 Å². The maximum atomic E-state index is 5.38. The van der Waals surface area contributed by atoms with Crippen LogP contribution in [0.5, 0.6) is 11.5 Å². The molecule has 0 bridgehead atoms. The topological polar surface area (TPSA) is 54.9 Å². The zero-order valence-electron chi connectivity index (χ0n) is 12.9. The molecule has 0 spiro atoms. The van der Waals surface area contributed by atoms with E-state index >= 15 is 0 Å². The molecule has 1 aromatic rings. The van der Waals surface area contributed by atoms with Gasteiger partial charge >= 0.3 is 0 Å². The smallest absolute Gasteiger partial charge is 0.231 e. The van der Waals surface area contributed by atoms with Gasteiger partial charge in [0.1, 0.15) is 0 Å². The van der Waals surface area contributed by atoms with Gasteiger partial charge in [-0.1, -0.05) is 12.1 Å². The van der Waals surface area contributed by atoms with Crippen LogP contribution in [0.15, 0.2) is 35.8 Å². The van der Waals surface area contributed by atoms with Crippen molar-refractivity contribution in [2.45, 2.75) is 6.42 Å². The number of rotatable bonds is 8. The Balaban J connectivity index is 1.67. The number of fused-ring (bicyclic) bond motifs is 1. The van der Waals surface area contributed by atoms with Crippen molar-refractivity contribution in [2.75, 3.05) is 38.4 Å². The highest BCUT2D eigenvalue weighted by atomic mass is 32.2. The first kappa shape index (κ1) is 16.5. The molecule has 1 aliphatic rings. The SMILES string of the molecule is C=CCSCCNC(=NC)NCCc1ccc2c(c1)OCO2. The molecule has 1 aliphatic heterocycles. The number of nitrogens with one attached hydrogen (secondary N) is 2. The van der Waals surface area contributed by atoms with E-state index in [1.807, 2.05) is 30.0 Å². The summed E-state index contributed by atoms with van der Waals surface area (Å²) < 4.78 is 10.7. The van der Waals surface area contributed by atoms with Crippen LogP contribution < -0.4 is 20.1 Å². The molecule has 0 unspecified atom stereocenters. The Hall–Kier alpha value is -1.82. The zero-order chi connectivity index (χ0) is 15.6. The highest BCUT2D eigenvalue weighted by Crippen LogP contribution is 2.32. The Morgan fingerprint density at radius 2 is 2.14 bits per heavy atom. The van der Waals surface area contributed by atoms with E-state index in [1.54, 1.807) is 7.05 Å². The summed E-state index contributed by atoms with van der Waals surface area (Å²) in [5, 5.41) is 6.61. The summed E-state index contributed by atoms with van der Waals surface area (Å²) in [7, 11) is 1.78. The molecule has 0 radical (unpaired) electrons. The second-order valence-corrected chi connectivity index (χ2v) is 5.88. The number of ether oxygens (including phenoxy) is 2. The van der Waals surface area contributed by atoms with Crippen LogP contribution in [0.25, 0.3) is 0 Å². The molecule has 1 heterocycles. The highest BCUT2D eigenvalue weighted by molar-refractivity contribution is 7.99. The van der Waals surface area contributed by atoms with Crippen LogP contribution in [0.1, 0.15) is 5.56 Å². The van der Waals surface area contributed by atoms with Crippen molar-refractivity contribution < 1.29 is 9.47 Å². The number of hydrogen-bond donors (Lipinski definition) is 2. The molecule has 0 atom stereocenters. The molecule has 0 aliphatic carbocycles.